The summed E-state index contributed by atoms with van der Waals surface area (Å²) in [5.41, 5.74) is 5.15. The van der Waals surface area contributed by atoms with Gasteiger partial charge in [-0.3, -0.25) is 5.84 Å². The van der Waals surface area contributed by atoms with E-state index in [1.165, 1.54) is 5.56 Å². The number of hydrazine groups is 1. The average molecular weight is 297 g/mol. The van der Waals surface area contributed by atoms with Crippen LogP contribution >= 0.6 is 15.9 Å². The van der Waals surface area contributed by atoms with Gasteiger partial charge in [-0.05, 0) is 43.0 Å². The highest BCUT2D eigenvalue weighted by Crippen LogP contribution is 2.31. The van der Waals surface area contributed by atoms with Gasteiger partial charge in [-0.1, -0.05) is 28.1 Å². The Morgan fingerprint density at radius 2 is 2.29 bits per heavy atom. The molecule has 1 atom stereocenters. The van der Waals surface area contributed by atoms with E-state index in [0.717, 1.165) is 35.2 Å². The van der Waals surface area contributed by atoms with Crippen molar-refractivity contribution in [3.05, 3.63) is 45.6 Å². The lowest BCUT2D eigenvalue weighted by molar-refractivity contribution is 0.167. The summed E-state index contributed by atoms with van der Waals surface area (Å²) >= 11 is 3.58. The number of benzene rings is 1. The third-order valence-electron chi connectivity index (χ3n) is 2.88. The van der Waals surface area contributed by atoms with Crippen molar-refractivity contribution >= 4 is 15.9 Å². The minimum absolute atomic E-state index is 0.0784. The first-order valence-electron chi connectivity index (χ1n) is 5.77. The van der Waals surface area contributed by atoms with Crippen molar-refractivity contribution in [1.82, 2.24) is 5.43 Å². The molecule has 0 aliphatic carbocycles. The number of aryl methyl sites for hydroxylation is 1. The molecular formula is C13H17BrN2O. The molecule has 1 unspecified atom stereocenters. The maximum Gasteiger partial charge on any atom is 0.115 e. The predicted octanol–water partition coefficient (Wildman–Crippen LogP) is 2.96. The van der Waals surface area contributed by atoms with Gasteiger partial charge in [0.05, 0.1) is 6.61 Å². The summed E-state index contributed by atoms with van der Waals surface area (Å²) < 4.78 is 6.72. The molecule has 0 spiro atoms. The van der Waals surface area contributed by atoms with Crippen molar-refractivity contribution in [2.24, 2.45) is 5.84 Å². The summed E-state index contributed by atoms with van der Waals surface area (Å²) in [7, 11) is 0. The van der Waals surface area contributed by atoms with E-state index in [-0.39, 0.29) is 6.04 Å². The van der Waals surface area contributed by atoms with Crippen LogP contribution in [0.1, 0.15) is 30.0 Å². The maximum absolute atomic E-state index is 5.67. The van der Waals surface area contributed by atoms with Crippen LogP contribution in [0.5, 0.6) is 0 Å². The van der Waals surface area contributed by atoms with E-state index in [9.17, 15) is 0 Å². The Balaban J connectivity index is 2.31. The Morgan fingerprint density at radius 3 is 2.88 bits per heavy atom. The number of nitrogens with two attached hydrogens (primary N) is 1. The average Bonchev–Trinajstić information content (AvgIpc) is 2.34. The minimum atomic E-state index is -0.0784. The first-order valence-corrected chi connectivity index (χ1v) is 6.56. The Labute approximate surface area is 110 Å². The Morgan fingerprint density at radius 1 is 1.47 bits per heavy atom. The minimum Gasteiger partial charge on any atom is -0.496 e. The molecule has 1 aliphatic heterocycles. The monoisotopic (exact) mass is 296 g/mol. The van der Waals surface area contributed by atoms with Crippen molar-refractivity contribution in [1.29, 1.82) is 0 Å². The lowest BCUT2D eigenvalue weighted by Gasteiger charge is -2.24. The summed E-state index contributed by atoms with van der Waals surface area (Å²) in [5.74, 6) is 6.57. The predicted molar refractivity (Wildman–Crippen MR) is 72.2 cm³/mol. The van der Waals surface area contributed by atoms with Gasteiger partial charge >= 0.3 is 0 Å². The standard InChI is InChI=1S/C13H17BrN2O/c1-9-5-6-10(11(14)8-9)13(16-15)12-4-2-3-7-17-12/h4-6,8,13,16H,2-3,7,15H2,1H3. The van der Waals surface area contributed by atoms with Gasteiger partial charge in [0.25, 0.3) is 0 Å². The highest BCUT2D eigenvalue weighted by atomic mass is 79.9. The second-order valence-electron chi connectivity index (χ2n) is 4.22. The third kappa shape index (κ3) is 2.89. The van der Waals surface area contributed by atoms with Crippen LogP contribution in [0.25, 0.3) is 0 Å². The number of hydrogen-bond donors (Lipinski definition) is 2. The molecule has 0 saturated heterocycles. The van der Waals surface area contributed by atoms with E-state index in [4.69, 9.17) is 10.6 Å². The van der Waals surface area contributed by atoms with Gasteiger partial charge in [0, 0.05) is 4.47 Å². The fourth-order valence-electron chi connectivity index (χ4n) is 1.97. The molecule has 1 aliphatic rings. The molecule has 0 radical (unpaired) electrons. The van der Waals surface area contributed by atoms with Crippen molar-refractivity contribution in [2.75, 3.05) is 6.61 Å². The molecule has 92 valence electrons. The molecule has 3 N–H and O–H groups in total. The van der Waals surface area contributed by atoms with Crippen molar-refractivity contribution in [2.45, 2.75) is 25.8 Å². The molecule has 1 aromatic carbocycles. The molecular weight excluding hydrogens is 280 g/mol. The lowest BCUT2D eigenvalue weighted by Crippen LogP contribution is -2.31. The number of nitrogens with one attached hydrogen (secondary N) is 1. The summed E-state index contributed by atoms with van der Waals surface area (Å²) in [6.07, 6.45) is 4.24. The van der Waals surface area contributed by atoms with Gasteiger partial charge in [-0.2, -0.15) is 0 Å². The molecule has 0 saturated carbocycles. The molecule has 0 aromatic heterocycles. The fraction of sp³-hybridized carbons (Fsp3) is 0.385. The highest BCUT2D eigenvalue weighted by molar-refractivity contribution is 9.10. The smallest absolute Gasteiger partial charge is 0.115 e. The van der Waals surface area contributed by atoms with E-state index >= 15 is 0 Å². The number of allylic oxidation sites excluding steroid dienone is 1. The van der Waals surface area contributed by atoms with Crippen LogP contribution in [-0.2, 0) is 4.74 Å². The van der Waals surface area contributed by atoms with Crippen LogP contribution in [-0.4, -0.2) is 6.61 Å². The normalized spacial score (nSPS) is 17.2. The SMILES string of the molecule is Cc1ccc(C(NN)C2=CCCCO2)c(Br)c1. The molecule has 0 fully saturated rings. The third-order valence-corrected chi connectivity index (χ3v) is 3.57. The second-order valence-corrected chi connectivity index (χ2v) is 5.08. The zero-order valence-electron chi connectivity index (χ0n) is 9.87. The van der Waals surface area contributed by atoms with E-state index < -0.39 is 0 Å². The van der Waals surface area contributed by atoms with E-state index in [0.29, 0.717) is 0 Å². The summed E-state index contributed by atoms with van der Waals surface area (Å²) in [5, 5.41) is 0. The fourth-order valence-corrected chi connectivity index (χ4v) is 2.69. The van der Waals surface area contributed by atoms with Crippen LogP contribution in [0.15, 0.2) is 34.5 Å². The maximum atomic E-state index is 5.67. The summed E-state index contributed by atoms with van der Waals surface area (Å²) in [6, 6.07) is 6.16. The van der Waals surface area contributed by atoms with Crippen molar-refractivity contribution in [3.8, 4) is 0 Å². The molecule has 3 nitrogen and oxygen atoms in total. The highest BCUT2D eigenvalue weighted by Gasteiger charge is 2.20. The first kappa shape index (κ1) is 12.6. The van der Waals surface area contributed by atoms with Gasteiger partial charge in [-0.25, -0.2) is 5.43 Å². The molecule has 0 bridgehead atoms. The van der Waals surface area contributed by atoms with Gasteiger partial charge in [-0.15, -0.1) is 0 Å². The number of ether oxygens (including phenoxy) is 1. The van der Waals surface area contributed by atoms with E-state index in [1.54, 1.807) is 0 Å². The van der Waals surface area contributed by atoms with Crippen LogP contribution < -0.4 is 11.3 Å². The van der Waals surface area contributed by atoms with Gasteiger partial charge in [0.1, 0.15) is 11.8 Å². The topological polar surface area (TPSA) is 47.3 Å². The zero-order chi connectivity index (χ0) is 12.3. The van der Waals surface area contributed by atoms with Crippen molar-refractivity contribution < 1.29 is 4.74 Å². The Hall–Kier alpha value is -0.840. The van der Waals surface area contributed by atoms with Crippen LogP contribution in [0.4, 0.5) is 0 Å². The van der Waals surface area contributed by atoms with Crippen LogP contribution in [0.3, 0.4) is 0 Å². The Bertz CT molecular complexity index is 431. The van der Waals surface area contributed by atoms with E-state index in [2.05, 4.69) is 52.6 Å². The van der Waals surface area contributed by atoms with Crippen LogP contribution in [0.2, 0.25) is 0 Å². The molecule has 1 heterocycles. The number of rotatable bonds is 3. The second kappa shape index (κ2) is 5.67. The summed E-state index contributed by atoms with van der Waals surface area (Å²) in [4.78, 5) is 0. The number of hydrogen-bond acceptors (Lipinski definition) is 3. The Kier molecular flexibility index (Phi) is 4.20. The van der Waals surface area contributed by atoms with Gasteiger partial charge in [0.2, 0.25) is 0 Å². The van der Waals surface area contributed by atoms with Gasteiger partial charge < -0.3 is 4.74 Å². The first-order chi connectivity index (χ1) is 8.22. The molecule has 0 amide bonds. The molecule has 4 heteroatoms. The molecule has 17 heavy (non-hydrogen) atoms. The van der Waals surface area contributed by atoms with Crippen LogP contribution in [0, 0.1) is 6.92 Å². The lowest BCUT2D eigenvalue weighted by atomic mass is 10.0. The zero-order valence-corrected chi connectivity index (χ0v) is 11.5. The quantitative estimate of drug-likeness (QED) is 0.666. The molecule has 1 aromatic rings. The molecule has 2 rings (SSSR count). The largest absolute Gasteiger partial charge is 0.496 e. The van der Waals surface area contributed by atoms with Gasteiger partial charge in [0.15, 0.2) is 0 Å². The number of halogens is 1. The van der Waals surface area contributed by atoms with Crippen molar-refractivity contribution in [3.63, 3.8) is 0 Å². The van der Waals surface area contributed by atoms with E-state index in [1.807, 2.05) is 0 Å². The summed E-state index contributed by atoms with van der Waals surface area (Å²) in [6.45, 7) is 2.84.